The average Bonchev–Trinajstić information content (AvgIpc) is 2.25. The van der Waals surface area contributed by atoms with Crippen molar-refractivity contribution in [3.05, 3.63) is 0 Å². The highest BCUT2D eigenvalue weighted by Gasteiger charge is 2.21. The number of hydrogen-bond acceptors (Lipinski definition) is 3. The smallest absolute Gasteiger partial charge is 0.0363 e. The summed E-state index contributed by atoms with van der Waals surface area (Å²) in [7, 11) is -0.549. The Morgan fingerprint density at radius 3 is 2.53 bits per heavy atom. The van der Waals surface area contributed by atoms with Crippen LogP contribution >= 0.6 is 0 Å². The van der Waals surface area contributed by atoms with Gasteiger partial charge in [-0.15, -0.1) is 0 Å². The van der Waals surface area contributed by atoms with Crippen LogP contribution < -0.4 is 5.32 Å². The molecule has 0 aromatic carbocycles. The minimum atomic E-state index is -0.549. The molecular weight excluding hydrogens is 208 g/mol. The first-order valence-corrected chi connectivity index (χ1v) is 7.56. The van der Waals surface area contributed by atoms with Gasteiger partial charge in [0.1, 0.15) is 0 Å². The quantitative estimate of drug-likeness (QED) is 0.736. The molecule has 0 amide bonds. The summed E-state index contributed by atoms with van der Waals surface area (Å²) in [6.07, 6.45) is 2.48. The minimum absolute atomic E-state index is 0.549. The Bertz CT molecular complexity index is 189. The molecule has 1 atom stereocenters. The fraction of sp³-hybridized carbons (Fsp3) is 1.00. The Morgan fingerprint density at radius 1 is 1.33 bits per heavy atom. The van der Waals surface area contributed by atoms with E-state index in [2.05, 4.69) is 24.1 Å². The van der Waals surface area contributed by atoms with Crippen LogP contribution in [0.15, 0.2) is 0 Å². The molecule has 1 fully saturated rings. The molecule has 0 spiro atoms. The maximum Gasteiger partial charge on any atom is 0.0363 e. The Labute approximate surface area is 96.1 Å². The summed E-state index contributed by atoms with van der Waals surface area (Å²) in [5.74, 6) is 1.73. The number of likely N-dealkylation sites (N-methyl/N-ethyl adjacent to an activating group) is 1. The summed E-state index contributed by atoms with van der Waals surface area (Å²) in [5, 5.41) is 3.42. The zero-order valence-electron chi connectivity index (χ0n) is 10.00. The number of hydrogen-bond donors (Lipinski definition) is 1. The van der Waals surface area contributed by atoms with Crippen molar-refractivity contribution in [3.63, 3.8) is 0 Å². The van der Waals surface area contributed by atoms with Crippen LogP contribution in [-0.2, 0) is 10.8 Å². The van der Waals surface area contributed by atoms with Gasteiger partial charge in [-0.3, -0.25) is 9.11 Å². The molecule has 3 nitrogen and oxygen atoms in total. The van der Waals surface area contributed by atoms with Crippen molar-refractivity contribution in [2.45, 2.75) is 32.7 Å². The standard InChI is InChI=1S/C11H24N2OS/c1-3-5-11(10-12-4-2)13-6-8-15(14)9-7-13/h11-12H,3-10H2,1-2H3. The molecule has 1 rings (SSSR count). The normalized spacial score (nSPS) is 21.7. The van der Waals surface area contributed by atoms with E-state index < -0.39 is 10.8 Å². The average molecular weight is 232 g/mol. The van der Waals surface area contributed by atoms with Crippen LogP contribution in [0.5, 0.6) is 0 Å². The molecule has 0 aromatic heterocycles. The predicted molar refractivity (Wildman–Crippen MR) is 66.7 cm³/mol. The molecule has 1 aliphatic heterocycles. The molecule has 1 aliphatic rings. The summed E-state index contributed by atoms with van der Waals surface area (Å²) >= 11 is 0. The second-order valence-corrected chi connectivity index (χ2v) is 5.83. The Balaban J connectivity index is 2.36. The number of nitrogens with one attached hydrogen (secondary N) is 1. The van der Waals surface area contributed by atoms with Crippen molar-refractivity contribution >= 4 is 10.8 Å². The zero-order chi connectivity index (χ0) is 11.1. The van der Waals surface area contributed by atoms with Crippen molar-refractivity contribution in [2.75, 3.05) is 37.7 Å². The van der Waals surface area contributed by atoms with Gasteiger partial charge in [-0.1, -0.05) is 20.3 Å². The van der Waals surface area contributed by atoms with Gasteiger partial charge in [0.25, 0.3) is 0 Å². The first-order chi connectivity index (χ1) is 7.27. The lowest BCUT2D eigenvalue weighted by atomic mass is 10.1. The van der Waals surface area contributed by atoms with Gasteiger partial charge in [-0.2, -0.15) is 0 Å². The number of rotatable bonds is 6. The molecule has 1 heterocycles. The van der Waals surface area contributed by atoms with Crippen LogP contribution in [-0.4, -0.2) is 52.8 Å². The second-order valence-electron chi connectivity index (χ2n) is 4.13. The van der Waals surface area contributed by atoms with Crippen molar-refractivity contribution in [1.29, 1.82) is 0 Å². The van der Waals surface area contributed by atoms with E-state index in [1.807, 2.05) is 0 Å². The first-order valence-electron chi connectivity index (χ1n) is 6.07. The summed E-state index contributed by atoms with van der Waals surface area (Å²) in [5.41, 5.74) is 0. The van der Waals surface area contributed by atoms with Gasteiger partial charge in [0.05, 0.1) is 0 Å². The SMILES string of the molecule is CCCC(CNCC)N1CCS(=O)CC1. The summed E-state index contributed by atoms with van der Waals surface area (Å²) in [6.45, 7) is 8.54. The summed E-state index contributed by atoms with van der Waals surface area (Å²) < 4.78 is 11.3. The zero-order valence-corrected chi connectivity index (χ0v) is 10.8. The predicted octanol–water partition coefficient (Wildman–Crippen LogP) is 0.829. The van der Waals surface area contributed by atoms with Crippen LogP contribution in [0.3, 0.4) is 0 Å². The molecular formula is C11H24N2OS. The molecule has 90 valence electrons. The van der Waals surface area contributed by atoms with Gasteiger partial charge in [-0.05, 0) is 13.0 Å². The van der Waals surface area contributed by atoms with Crippen molar-refractivity contribution in [3.8, 4) is 0 Å². The van der Waals surface area contributed by atoms with Gasteiger partial charge >= 0.3 is 0 Å². The van der Waals surface area contributed by atoms with Crippen molar-refractivity contribution < 1.29 is 4.21 Å². The molecule has 0 aromatic rings. The van der Waals surface area contributed by atoms with Gasteiger partial charge in [0, 0.05) is 48.0 Å². The first kappa shape index (κ1) is 13.1. The topological polar surface area (TPSA) is 32.3 Å². The second kappa shape index (κ2) is 7.36. The molecule has 0 saturated carbocycles. The summed E-state index contributed by atoms with van der Waals surface area (Å²) in [4.78, 5) is 2.51. The summed E-state index contributed by atoms with van der Waals surface area (Å²) in [6, 6.07) is 0.646. The van der Waals surface area contributed by atoms with E-state index in [-0.39, 0.29) is 0 Å². The van der Waals surface area contributed by atoms with Crippen molar-refractivity contribution in [2.24, 2.45) is 0 Å². The van der Waals surface area contributed by atoms with Crippen molar-refractivity contribution in [1.82, 2.24) is 10.2 Å². The van der Waals surface area contributed by atoms with E-state index in [0.29, 0.717) is 6.04 Å². The highest BCUT2D eigenvalue weighted by Crippen LogP contribution is 2.10. The lowest BCUT2D eigenvalue weighted by molar-refractivity contribution is 0.198. The van der Waals surface area contributed by atoms with E-state index in [1.54, 1.807) is 0 Å². The Kier molecular flexibility index (Phi) is 6.45. The van der Waals surface area contributed by atoms with E-state index in [1.165, 1.54) is 12.8 Å². The Hall–Kier alpha value is 0.0700. The van der Waals surface area contributed by atoms with E-state index >= 15 is 0 Å². The maximum atomic E-state index is 11.3. The minimum Gasteiger partial charge on any atom is -0.315 e. The highest BCUT2D eigenvalue weighted by molar-refractivity contribution is 7.85. The lowest BCUT2D eigenvalue weighted by Crippen LogP contribution is -2.48. The molecule has 1 unspecified atom stereocenters. The van der Waals surface area contributed by atoms with Crippen LogP contribution in [0.1, 0.15) is 26.7 Å². The van der Waals surface area contributed by atoms with Gasteiger partial charge < -0.3 is 5.32 Å². The molecule has 4 heteroatoms. The molecule has 15 heavy (non-hydrogen) atoms. The van der Waals surface area contributed by atoms with E-state index in [4.69, 9.17) is 0 Å². The Morgan fingerprint density at radius 2 is 2.00 bits per heavy atom. The third kappa shape index (κ3) is 4.62. The number of nitrogens with zero attached hydrogens (tertiary/aromatic N) is 1. The molecule has 0 bridgehead atoms. The van der Waals surface area contributed by atoms with Gasteiger partial charge in [0.15, 0.2) is 0 Å². The molecule has 1 N–H and O–H groups in total. The lowest BCUT2D eigenvalue weighted by Gasteiger charge is -2.34. The highest BCUT2D eigenvalue weighted by atomic mass is 32.2. The third-order valence-electron chi connectivity index (χ3n) is 2.98. The van der Waals surface area contributed by atoms with E-state index in [9.17, 15) is 4.21 Å². The fourth-order valence-corrected chi connectivity index (χ4v) is 3.16. The van der Waals surface area contributed by atoms with E-state index in [0.717, 1.165) is 37.7 Å². The monoisotopic (exact) mass is 232 g/mol. The maximum absolute atomic E-state index is 11.3. The molecule has 0 radical (unpaired) electrons. The van der Waals surface area contributed by atoms with Gasteiger partial charge in [0.2, 0.25) is 0 Å². The van der Waals surface area contributed by atoms with Crippen LogP contribution in [0.2, 0.25) is 0 Å². The van der Waals surface area contributed by atoms with Crippen LogP contribution in [0, 0.1) is 0 Å². The van der Waals surface area contributed by atoms with Crippen LogP contribution in [0.4, 0.5) is 0 Å². The van der Waals surface area contributed by atoms with Crippen LogP contribution in [0.25, 0.3) is 0 Å². The molecule has 0 aliphatic carbocycles. The third-order valence-corrected chi connectivity index (χ3v) is 4.26. The largest absolute Gasteiger partial charge is 0.315 e. The fourth-order valence-electron chi connectivity index (χ4n) is 2.08. The molecule has 1 saturated heterocycles. The van der Waals surface area contributed by atoms with Gasteiger partial charge in [-0.25, -0.2) is 0 Å².